The second kappa shape index (κ2) is 7.65. The van der Waals surface area contributed by atoms with E-state index in [0.29, 0.717) is 18.3 Å². The molecule has 1 amide bonds. The highest BCUT2D eigenvalue weighted by atomic mass is 16.2. The predicted octanol–water partition coefficient (Wildman–Crippen LogP) is 0.830. The van der Waals surface area contributed by atoms with Gasteiger partial charge in [-0.1, -0.05) is 44.2 Å². The number of nitrogens with two attached hydrogens (primary N) is 1. The number of aromatic nitrogens is 4. The lowest BCUT2D eigenvalue weighted by molar-refractivity contribution is -0.122. The largest absolute Gasteiger partial charge is 0.350 e. The number of carbonyl (C=O) groups excluding carboxylic acids is 1. The molecule has 7 heteroatoms. The fraction of sp³-hybridized carbons (Fsp3) is 0.467. The van der Waals surface area contributed by atoms with E-state index in [0.717, 1.165) is 12.0 Å². The van der Waals surface area contributed by atoms with Crippen molar-refractivity contribution in [3.8, 4) is 11.4 Å². The number of carbonyl (C=O) groups is 1. The summed E-state index contributed by atoms with van der Waals surface area (Å²) in [5.41, 5.74) is 6.55. The van der Waals surface area contributed by atoms with Gasteiger partial charge in [-0.15, -0.1) is 10.2 Å². The number of nitrogens with one attached hydrogen (secondary N) is 1. The second-order valence-electron chi connectivity index (χ2n) is 5.64. The van der Waals surface area contributed by atoms with E-state index in [1.807, 2.05) is 30.3 Å². The van der Waals surface area contributed by atoms with Gasteiger partial charge in [-0.2, -0.15) is 4.80 Å². The maximum absolute atomic E-state index is 12.0. The average molecular weight is 302 g/mol. The minimum Gasteiger partial charge on any atom is -0.350 e. The monoisotopic (exact) mass is 302 g/mol. The Kier molecular flexibility index (Phi) is 5.60. The van der Waals surface area contributed by atoms with Crippen LogP contribution in [-0.4, -0.2) is 38.7 Å². The number of hydrogen-bond acceptors (Lipinski definition) is 5. The normalized spacial score (nSPS) is 12.4. The van der Waals surface area contributed by atoms with Crippen molar-refractivity contribution in [2.45, 2.75) is 32.9 Å². The van der Waals surface area contributed by atoms with Gasteiger partial charge in [0.1, 0.15) is 6.54 Å². The van der Waals surface area contributed by atoms with Crippen LogP contribution >= 0.6 is 0 Å². The van der Waals surface area contributed by atoms with Crippen LogP contribution < -0.4 is 11.1 Å². The lowest BCUT2D eigenvalue weighted by Gasteiger charge is -2.18. The first-order valence-corrected chi connectivity index (χ1v) is 7.41. The molecule has 22 heavy (non-hydrogen) atoms. The zero-order chi connectivity index (χ0) is 15.9. The van der Waals surface area contributed by atoms with Crippen LogP contribution in [0.15, 0.2) is 30.3 Å². The van der Waals surface area contributed by atoms with E-state index in [-0.39, 0.29) is 18.5 Å². The predicted molar refractivity (Wildman–Crippen MR) is 83.7 cm³/mol. The molecule has 1 aromatic carbocycles. The Bertz CT molecular complexity index is 595. The van der Waals surface area contributed by atoms with E-state index < -0.39 is 0 Å². The smallest absolute Gasteiger partial charge is 0.243 e. The molecule has 0 saturated carbocycles. The first kappa shape index (κ1) is 16.1. The minimum absolute atomic E-state index is 0.0235. The summed E-state index contributed by atoms with van der Waals surface area (Å²) in [6.07, 6.45) is 0.849. The third kappa shape index (κ3) is 4.63. The summed E-state index contributed by atoms with van der Waals surface area (Å²) in [7, 11) is 0. The van der Waals surface area contributed by atoms with Crippen molar-refractivity contribution in [2.24, 2.45) is 11.7 Å². The summed E-state index contributed by atoms with van der Waals surface area (Å²) in [4.78, 5) is 13.3. The first-order chi connectivity index (χ1) is 10.6. The molecule has 0 bridgehead atoms. The first-order valence-electron chi connectivity index (χ1n) is 7.41. The minimum atomic E-state index is -0.159. The number of benzene rings is 1. The van der Waals surface area contributed by atoms with Crippen molar-refractivity contribution in [2.75, 3.05) is 6.54 Å². The highest BCUT2D eigenvalue weighted by Crippen LogP contribution is 2.11. The summed E-state index contributed by atoms with van der Waals surface area (Å²) < 4.78 is 0. The molecular formula is C15H22N6O. The molecule has 0 spiro atoms. The van der Waals surface area contributed by atoms with Crippen molar-refractivity contribution in [3.63, 3.8) is 0 Å². The van der Waals surface area contributed by atoms with Gasteiger partial charge in [0.05, 0.1) is 0 Å². The lowest BCUT2D eigenvalue weighted by Crippen LogP contribution is -2.42. The highest BCUT2D eigenvalue weighted by molar-refractivity contribution is 5.75. The molecule has 3 N–H and O–H groups in total. The fourth-order valence-electron chi connectivity index (χ4n) is 2.20. The van der Waals surface area contributed by atoms with Gasteiger partial charge in [0, 0.05) is 18.2 Å². The van der Waals surface area contributed by atoms with Crippen LogP contribution in [0.5, 0.6) is 0 Å². The summed E-state index contributed by atoms with van der Waals surface area (Å²) in [6, 6.07) is 9.50. The molecule has 1 aromatic heterocycles. The van der Waals surface area contributed by atoms with Crippen LogP contribution in [0, 0.1) is 5.92 Å². The Balaban J connectivity index is 1.94. The third-order valence-corrected chi connectivity index (χ3v) is 3.18. The van der Waals surface area contributed by atoms with Gasteiger partial charge in [0.15, 0.2) is 0 Å². The zero-order valence-electron chi connectivity index (χ0n) is 12.9. The second-order valence-corrected chi connectivity index (χ2v) is 5.64. The van der Waals surface area contributed by atoms with Gasteiger partial charge in [-0.05, 0) is 17.6 Å². The molecule has 118 valence electrons. The zero-order valence-corrected chi connectivity index (χ0v) is 12.9. The van der Waals surface area contributed by atoms with Gasteiger partial charge in [-0.3, -0.25) is 4.79 Å². The van der Waals surface area contributed by atoms with Crippen LogP contribution in [0.1, 0.15) is 20.3 Å². The molecule has 1 unspecified atom stereocenters. The van der Waals surface area contributed by atoms with Crippen LogP contribution in [0.3, 0.4) is 0 Å². The van der Waals surface area contributed by atoms with Gasteiger partial charge < -0.3 is 11.1 Å². The van der Waals surface area contributed by atoms with Gasteiger partial charge in [-0.25, -0.2) is 0 Å². The number of amides is 1. The van der Waals surface area contributed by atoms with E-state index in [1.165, 1.54) is 4.80 Å². The standard InChI is InChI=1S/C15H22N6O/c1-11(2)8-13(9-16)17-14(22)10-21-19-15(18-20-21)12-6-4-3-5-7-12/h3-7,11,13H,8-10,16H2,1-2H3,(H,17,22). The molecule has 0 radical (unpaired) electrons. The van der Waals surface area contributed by atoms with Crippen molar-refractivity contribution < 1.29 is 4.79 Å². The molecule has 0 aliphatic rings. The molecule has 2 aromatic rings. The molecule has 0 aliphatic heterocycles. The number of rotatable bonds is 7. The SMILES string of the molecule is CC(C)CC(CN)NC(=O)Cn1nnc(-c2ccccc2)n1. The Hall–Kier alpha value is -2.28. The lowest BCUT2D eigenvalue weighted by atomic mass is 10.0. The molecule has 1 heterocycles. The summed E-state index contributed by atoms with van der Waals surface area (Å²) >= 11 is 0. The third-order valence-electron chi connectivity index (χ3n) is 3.18. The average Bonchev–Trinajstić information content (AvgIpc) is 2.95. The summed E-state index contributed by atoms with van der Waals surface area (Å²) in [6.45, 7) is 4.65. The Labute approximate surface area is 129 Å². The molecule has 0 aliphatic carbocycles. The van der Waals surface area contributed by atoms with Crippen molar-refractivity contribution in [3.05, 3.63) is 30.3 Å². The van der Waals surface area contributed by atoms with Crippen molar-refractivity contribution in [1.29, 1.82) is 0 Å². The topological polar surface area (TPSA) is 98.7 Å². The van der Waals surface area contributed by atoms with Crippen LogP contribution in [-0.2, 0) is 11.3 Å². The van der Waals surface area contributed by atoms with Crippen LogP contribution in [0.25, 0.3) is 11.4 Å². The van der Waals surface area contributed by atoms with E-state index in [1.54, 1.807) is 0 Å². The fourth-order valence-corrected chi connectivity index (χ4v) is 2.20. The van der Waals surface area contributed by atoms with Gasteiger partial charge in [0.25, 0.3) is 0 Å². The quantitative estimate of drug-likeness (QED) is 0.789. The molecule has 2 rings (SSSR count). The van der Waals surface area contributed by atoms with Crippen molar-refractivity contribution >= 4 is 5.91 Å². The van der Waals surface area contributed by atoms with E-state index in [2.05, 4.69) is 34.6 Å². The maximum atomic E-state index is 12.0. The van der Waals surface area contributed by atoms with E-state index in [4.69, 9.17) is 5.73 Å². The molecule has 0 fully saturated rings. The number of nitrogens with zero attached hydrogens (tertiary/aromatic N) is 4. The molecule has 7 nitrogen and oxygen atoms in total. The molecular weight excluding hydrogens is 280 g/mol. The van der Waals surface area contributed by atoms with Crippen LogP contribution in [0.4, 0.5) is 0 Å². The van der Waals surface area contributed by atoms with Crippen LogP contribution in [0.2, 0.25) is 0 Å². The molecule has 0 saturated heterocycles. The van der Waals surface area contributed by atoms with Gasteiger partial charge in [0.2, 0.25) is 11.7 Å². The van der Waals surface area contributed by atoms with E-state index in [9.17, 15) is 4.79 Å². The Morgan fingerprint density at radius 2 is 2.05 bits per heavy atom. The van der Waals surface area contributed by atoms with Gasteiger partial charge >= 0.3 is 0 Å². The Morgan fingerprint density at radius 1 is 1.32 bits per heavy atom. The highest BCUT2D eigenvalue weighted by Gasteiger charge is 2.14. The number of hydrogen-bond donors (Lipinski definition) is 2. The molecule has 1 atom stereocenters. The summed E-state index contributed by atoms with van der Waals surface area (Å²) in [5.74, 6) is 0.821. The number of tetrazole rings is 1. The maximum Gasteiger partial charge on any atom is 0.243 e. The van der Waals surface area contributed by atoms with Crippen molar-refractivity contribution in [1.82, 2.24) is 25.5 Å². The summed E-state index contributed by atoms with van der Waals surface area (Å²) in [5, 5.41) is 15.0. The Morgan fingerprint density at radius 3 is 2.68 bits per heavy atom. The van der Waals surface area contributed by atoms with E-state index >= 15 is 0 Å².